The second-order valence-corrected chi connectivity index (χ2v) is 7.24. The number of hydrogen-bond donors (Lipinski definition) is 1. The zero-order valence-corrected chi connectivity index (χ0v) is 14.8. The van der Waals surface area contributed by atoms with Gasteiger partial charge in [-0.25, -0.2) is 18.0 Å². The second kappa shape index (κ2) is 6.56. The predicted molar refractivity (Wildman–Crippen MR) is 81.4 cm³/mol. The molecule has 1 N–H and O–H groups in total. The first-order valence-electron chi connectivity index (χ1n) is 6.75. The van der Waals surface area contributed by atoms with E-state index in [2.05, 4.69) is 9.47 Å². The number of allylic oxidation sites excluding steroid dienone is 1. The normalized spacial score (nSPS) is 20.9. The molecular weight excluding hydrogens is 403 g/mol. The number of cyclic esters (lactones) is 1. The highest BCUT2D eigenvalue weighted by molar-refractivity contribution is 7.89. The summed E-state index contributed by atoms with van der Waals surface area (Å²) in [6.45, 7) is 0.911. The number of benzene rings is 1. The van der Waals surface area contributed by atoms with Crippen molar-refractivity contribution >= 4 is 33.6 Å². The van der Waals surface area contributed by atoms with E-state index in [-0.39, 0.29) is 5.02 Å². The lowest BCUT2D eigenvalue weighted by molar-refractivity contribution is -0.194. The number of nitrogens with one attached hydrogen (secondary N) is 1. The van der Waals surface area contributed by atoms with Crippen molar-refractivity contribution in [3.05, 3.63) is 40.6 Å². The Hall–Kier alpha value is -2.11. The van der Waals surface area contributed by atoms with Gasteiger partial charge in [-0.3, -0.25) is 0 Å². The summed E-state index contributed by atoms with van der Waals surface area (Å²) in [5, 5.41) is 0.140. The van der Waals surface area contributed by atoms with E-state index in [1.54, 1.807) is 0 Å². The van der Waals surface area contributed by atoms with Crippen molar-refractivity contribution in [2.75, 3.05) is 7.11 Å². The molecule has 1 atom stereocenters. The summed E-state index contributed by atoms with van der Waals surface area (Å²) in [5.41, 5.74) is -5.24. The third-order valence-corrected chi connectivity index (χ3v) is 5.22. The first-order chi connectivity index (χ1) is 11.9. The molecule has 0 saturated heterocycles. The molecule has 142 valence electrons. The van der Waals surface area contributed by atoms with Crippen LogP contribution in [0.3, 0.4) is 0 Å². The molecule has 2 rings (SSSR count). The number of ether oxygens (including phenoxy) is 2. The molecule has 7 nitrogen and oxygen atoms in total. The zero-order chi connectivity index (χ0) is 19.9. The van der Waals surface area contributed by atoms with E-state index in [1.165, 1.54) is 4.72 Å². The molecule has 1 aromatic rings. The van der Waals surface area contributed by atoms with Gasteiger partial charge < -0.3 is 9.47 Å². The molecule has 1 aromatic carbocycles. The number of carbonyl (C=O) groups is 2. The fourth-order valence-electron chi connectivity index (χ4n) is 2.31. The van der Waals surface area contributed by atoms with Crippen molar-refractivity contribution < 1.29 is 40.7 Å². The van der Waals surface area contributed by atoms with Crippen LogP contribution in [0.4, 0.5) is 13.2 Å². The molecule has 26 heavy (non-hydrogen) atoms. The maximum atomic E-state index is 13.8. The quantitative estimate of drug-likeness (QED) is 0.757. The third-order valence-electron chi connectivity index (χ3n) is 3.51. The topological polar surface area (TPSA) is 98.8 Å². The highest BCUT2D eigenvalue weighted by Crippen LogP contribution is 2.44. The van der Waals surface area contributed by atoms with Gasteiger partial charge in [-0.05, 0) is 31.2 Å². The van der Waals surface area contributed by atoms with E-state index in [4.69, 9.17) is 11.6 Å². The van der Waals surface area contributed by atoms with Gasteiger partial charge in [0, 0.05) is 5.02 Å². The molecule has 0 spiro atoms. The number of rotatable bonds is 4. The Morgan fingerprint density at radius 1 is 1.27 bits per heavy atom. The SMILES string of the molecule is COC(=O)C1=C(C)OC(=O)C1(NS(=O)(=O)c1ccc(Cl)cc1)C(F)(F)F. The largest absolute Gasteiger partial charge is 0.465 e. The number of carbonyl (C=O) groups excluding carboxylic acids is 2. The van der Waals surface area contributed by atoms with Gasteiger partial charge in [0.05, 0.1) is 12.0 Å². The van der Waals surface area contributed by atoms with Gasteiger partial charge in [-0.15, -0.1) is 0 Å². The number of alkyl halides is 3. The summed E-state index contributed by atoms with van der Waals surface area (Å²) in [4.78, 5) is 23.2. The smallest absolute Gasteiger partial charge is 0.423 e. The summed E-state index contributed by atoms with van der Waals surface area (Å²) in [7, 11) is -4.13. The minimum atomic E-state index is -5.54. The van der Waals surface area contributed by atoms with Gasteiger partial charge in [0.15, 0.2) is 0 Å². The van der Waals surface area contributed by atoms with E-state index in [1.807, 2.05) is 0 Å². The first kappa shape index (κ1) is 20.2. The highest BCUT2D eigenvalue weighted by Gasteiger charge is 2.71. The van der Waals surface area contributed by atoms with Crippen LogP contribution in [0, 0.1) is 0 Å². The minimum absolute atomic E-state index is 0.140. The van der Waals surface area contributed by atoms with E-state index >= 15 is 0 Å². The fourth-order valence-corrected chi connectivity index (χ4v) is 3.76. The maximum Gasteiger partial charge on any atom is 0.423 e. The Balaban J connectivity index is 2.67. The van der Waals surface area contributed by atoms with Gasteiger partial charge in [0.2, 0.25) is 10.0 Å². The molecule has 0 fully saturated rings. The van der Waals surface area contributed by atoms with Crippen LogP contribution in [-0.2, 0) is 29.1 Å². The summed E-state index contributed by atoms with van der Waals surface area (Å²) >= 11 is 5.62. The molecule has 0 bridgehead atoms. The predicted octanol–water partition coefficient (Wildman–Crippen LogP) is 1.92. The van der Waals surface area contributed by atoms with Crippen LogP contribution in [0.1, 0.15) is 6.92 Å². The second-order valence-electron chi connectivity index (χ2n) is 5.12. The summed E-state index contributed by atoms with van der Waals surface area (Å²) < 4.78 is 76.2. The van der Waals surface area contributed by atoms with E-state index in [0.29, 0.717) is 0 Å². The highest BCUT2D eigenvalue weighted by atomic mass is 35.5. The number of hydrogen-bond acceptors (Lipinski definition) is 6. The van der Waals surface area contributed by atoms with Gasteiger partial charge in [-0.1, -0.05) is 11.6 Å². The van der Waals surface area contributed by atoms with Crippen LogP contribution in [-0.4, -0.2) is 39.2 Å². The lowest BCUT2D eigenvalue weighted by Crippen LogP contribution is -2.64. The van der Waals surface area contributed by atoms with Crippen LogP contribution >= 0.6 is 11.6 Å². The van der Waals surface area contributed by atoms with Crippen molar-refractivity contribution in [1.29, 1.82) is 0 Å². The Labute approximate surface area is 150 Å². The number of halogens is 4. The summed E-state index contributed by atoms with van der Waals surface area (Å²) in [6.07, 6.45) is -5.54. The molecule has 0 aromatic heterocycles. The molecule has 0 aliphatic carbocycles. The molecule has 1 heterocycles. The number of sulfonamides is 1. The van der Waals surface area contributed by atoms with Crippen molar-refractivity contribution in [3.8, 4) is 0 Å². The van der Waals surface area contributed by atoms with E-state index in [0.717, 1.165) is 38.3 Å². The van der Waals surface area contributed by atoms with Crippen molar-refractivity contribution in [1.82, 2.24) is 4.72 Å². The standard InChI is InChI=1S/C14H11ClF3NO6S/c1-7-10(11(20)24-2)13(12(21)25-7,14(16,17)18)19-26(22,23)9-5-3-8(15)4-6-9/h3-6,19H,1-2H3. The fraction of sp³-hybridized carbons (Fsp3) is 0.286. The first-order valence-corrected chi connectivity index (χ1v) is 8.61. The lowest BCUT2D eigenvalue weighted by atomic mass is 9.91. The molecule has 1 unspecified atom stereocenters. The maximum absolute atomic E-state index is 13.8. The Morgan fingerprint density at radius 3 is 2.27 bits per heavy atom. The molecule has 1 aliphatic heterocycles. The van der Waals surface area contributed by atoms with Crippen molar-refractivity contribution in [2.24, 2.45) is 0 Å². The molecule has 0 saturated carbocycles. The summed E-state index contributed by atoms with van der Waals surface area (Å²) in [6, 6.07) is 4.13. The van der Waals surface area contributed by atoms with Crippen LogP contribution < -0.4 is 4.72 Å². The molecule has 0 radical (unpaired) electrons. The summed E-state index contributed by atoms with van der Waals surface area (Å²) in [5.74, 6) is -4.30. The third kappa shape index (κ3) is 3.17. The average Bonchev–Trinajstić information content (AvgIpc) is 2.77. The van der Waals surface area contributed by atoms with E-state index in [9.17, 15) is 31.2 Å². The zero-order valence-electron chi connectivity index (χ0n) is 13.2. The van der Waals surface area contributed by atoms with Gasteiger partial charge in [0.25, 0.3) is 5.54 Å². The Kier molecular flexibility index (Phi) is 5.10. The minimum Gasteiger partial charge on any atom is -0.465 e. The average molecular weight is 414 g/mol. The van der Waals surface area contributed by atoms with Gasteiger partial charge >= 0.3 is 18.1 Å². The van der Waals surface area contributed by atoms with Crippen LogP contribution in [0.15, 0.2) is 40.5 Å². The number of esters is 2. The molecule has 1 aliphatic rings. The van der Waals surface area contributed by atoms with E-state index < -0.39 is 49.9 Å². The van der Waals surface area contributed by atoms with Crippen LogP contribution in [0.2, 0.25) is 5.02 Å². The van der Waals surface area contributed by atoms with Crippen molar-refractivity contribution in [3.63, 3.8) is 0 Å². The monoisotopic (exact) mass is 413 g/mol. The van der Waals surface area contributed by atoms with Gasteiger partial charge in [0.1, 0.15) is 11.3 Å². The molecule has 12 heteroatoms. The number of methoxy groups -OCH3 is 1. The van der Waals surface area contributed by atoms with Crippen molar-refractivity contribution in [2.45, 2.75) is 23.5 Å². The lowest BCUT2D eigenvalue weighted by Gasteiger charge is -2.30. The van der Waals surface area contributed by atoms with Gasteiger partial charge in [-0.2, -0.15) is 17.9 Å². The molecule has 0 amide bonds. The van der Waals surface area contributed by atoms with Crippen LogP contribution in [0.5, 0.6) is 0 Å². The Bertz CT molecular complexity index is 894. The molecular formula is C14H11ClF3NO6S. The van der Waals surface area contributed by atoms with Crippen LogP contribution in [0.25, 0.3) is 0 Å². The Morgan fingerprint density at radius 2 is 1.81 bits per heavy atom.